The summed E-state index contributed by atoms with van der Waals surface area (Å²) in [6.07, 6.45) is 10.9. The van der Waals surface area contributed by atoms with Crippen molar-refractivity contribution in [1.82, 2.24) is 10.2 Å². The van der Waals surface area contributed by atoms with Crippen molar-refractivity contribution in [3.63, 3.8) is 0 Å². The minimum Gasteiger partial charge on any atom is -0.351 e. The molecular weight excluding hydrogens is 557 g/mol. The summed E-state index contributed by atoms with van der Waals surface area (Å²) in [6, 6.07) is 11.6. The smallest absolute Gasteiger partial charge is 0.133 e. The van der Waals surface area contributed by atoms with Crippen molar-refractivity contribution >= 4 is 22.6 Å². The molecule has 1 fully saturated rings. The van der Waals surface area contributed by atoms with E-state index in [0.29, 0.717) is 19.0 Å². The zero-order valence-electron chi connectivity index (χ0n) is 20.2. The second kappa shape index (κ2) is 11.9. The molecule has 0 spiro atoms. The Morgan fingerprint density at radius 1 is 1.20 bits per heavy atom. The molecular formula is C29H33F2IN2O. The summed E-state index contributed by atoms with van der Waals surface area (Å²) in [4.78, 5) is 2.34. The van der Waals surface area contributed by atoms with Gasteiger partial charge in [0.05, 0.1) is 12.3 Å². The normalized spacial score (nSPS) is 23.3. The molecule has 6 heteroatoms. The van der Waals surface area contributed by atoms with Crippen molar-refractivity contribution in [3.05, 3.63) is 96.1 Å². The maximum atomic E-state index is 14.3. The third kappa shape index (κ3) is 6.10. The second-order valence-electron chi connectivity index (χ2n) is 9.59. The maximum absolute atomic E-state index is 14.3. The number of ether oxygens (including phenoxy) is 1. The van der Waals surface area contributed by atoms with Gasteiger partial charge in [0.25, 0.3) is 0 Å². The van der Waals surface area contributed by atoms with Crippen molar-refractivity contribution in [2.75, 3.05) is 33.1 Å². The van der Waals surface area contributed by atoms with Gasteiger partial charge >= 0.3 is 0 Å². The fourth-order valence-electron chi connectivity index (χ4n) is 5.15. The van der Waals surface area contributed by atoms with Crippen LogP contribution in [-0.2, 0) is 4.74 Å². The third-order valence-electron chi connectivity index (χ3n) is 7.08. The Morgan fingerprint density at radius 2 is 1.94 bits per heavy atom. The molecule has 0 radical (unpaired) electrons. The highest BCUT2D eigenvalue weighted by molar-refractivity contribution is 14.1. The van der Waals surface area contributed by atoms with Crippen LogP contribution in [0, 0.1) is 17.0 Å². The molecule has 1 saturated heterocycles. The first-order chi connectivity index (χ1) is 16.9. The first-order valence-corrected chi connectivity index (χ1v) is 13.3. The Hall–Kier alpha value is -1.87. The lowest BCUT2D eigenvalue weighted by Gasteiger charge is -2.34. The average Bonchev–Trinajstić information content (AvgIpc) is 3.21. The molecule has 1 heterocycles. The van der Waals surface area contributed by atoms with Gasteiger partial charge in [0.2, 0.25) is 0 Å². The molecule has 4 rings (SSSR count). The number of hydrogen-bond donors (Lipinski definition) is 1. The summed E-state index contributed by atoms with van der Waals surface area (Å²) in [5.41, 5.74) is 3.00. The maximum Gasteiger partial charge on any atom is 0.133 e. The molecule has 0 saturated carbocycles. The molecule has 35 heavy (non-hydrogen) atoms. The quantitative estimate of drug-likeness (QED) is 0.108. The number of nitrogens with one attached hydrogen (secondary N) is 1. The highest BCUT2D eigenvalue weighted by Crippen LogP contribution is 2.48. The Kier molecular flexibility index (Phi) is 8.92. The van der Waals surface area contributed by atoms with Gasteiger partial charge < -0.3 is 4.74 Å². The van der Waals surface area contributed by atoms with Gasteiger partial charge in [-0.2, -0.15) is 0 Å². The second-order valence-corrected chi connectivity index (χ2v) is 10.9. The van der Waals surface area contributed by atoms with Crippen LogP contribution in [0.15, 0.2) is 78.9 Å². The van der Waals surface area contributed by atoms with Crippen molar-refractivity contribution < 1.29 is 13.5 Å². The number of nitrogens with zero attached hydrogens (tertiary/aromatic N) is 1. The van der Waals surface area contributed by atoms with E-state index in [4.69, 9.17) is 4.74 Å². The van der Waals surface area contributed by atoms with E-state index in [9.17, 15) is 8.78 Å². The van der Waals surface area contributed by atoms with Crippen LogP contribution in [0.3, 0.4) is 0 Å². The van der Waals surface area contributed by atoms with E-state index >= 15 is 0 Å². The minimum atomic E-state index is -0.546. The number of allylic oxidation sites excluding steroid dienone is 3. The number of halogens is 3. The van der Waals surface area contributed by atoms with Crippen LogP contribution < -0.4 is 5.32 Å². The number of rotatable bonds is 10. The Balaban J connectivity index is 1.41. The van der Waals surface area contributed by atoms with Gasteiger partial charge in [0, 0.05) is 34.9 Å². The van der Waals surface area contributed by atoms with Crippen LogP contribution in [0.5, 0.6) is 0 Å². The van der Waals surface area contributed by atoms with E-state index in [2.05, 4.69) is 64.5 Å². The fraction of sp³-hybridized carbons (Fsp3) is 0.379. The molecule has 2 aromatic rings. The first-order valence-electron chi connectivity index (χ1n) is 12.1. The minimum absolute atomic E-state index is 0.0214. The van der Waals surface area contributed by atoms with Gasteiger partial charge in [0.15, 0.2) is 0 Å². The number of hydrogen-bond acceptors (Lipinski definition) is 3. The van der Waals surface area contributed by atoms with E-state index in [1.54, 1.807) is 0 Å². The highest BCUT2D eigenvalue weighted by atomic mass is 127. The van der Waals surface area contributed by atoms with Crippen LogP contribution in [0.25, 0.3) is 11.1 Å². The molecule has 1 aliphatic heterocycles. The van der Waals surface area contributed by atoms with Gasteiger partial charge in [-0.25, -0.2) is 8.78 Å². The first kappa shape index (κ1) is 26.2. The SMILES string of the molecule is C=CC(I)[C@@]1(C)CN(COCNCC2=CCCC=C2)C[C@H]1c1ccc(-c2c(F)cccc2F)cc1. The fourth-order valence-corrected chi connectivity index (χ4v) is 5.78. The Morgan fingerprint density at radius 3 is 2.60 bits per heavy atom. The Labute approximate surface area is 221 Å². The van der Waals surface area contributed by atoms with Crippen LogP contribution in [-0.4, -0.2) is 41.9 Å². The zero-order chi connectivity index (χ0) is 24.8. The zero-order valence-corrected chi connectivity index (χ0v) is 22.3. The molecule has 1 aliphatic carbocycles. The molecule has 1 N–H and O–H groups in total. The molecule has 0 bridgehead atoms. The van der Waals surface area contributed by atoms with E-state index < -0.39 is 11.6 Å². The lowest BCUT2D eigenvalue weighted by Crippen LogP contribution is -2.35. The van der Waals surface area contributed by atoms with Crippen LogP contribution in [0.1, 0.15) is 31.2 Å². The largest absolute Gasteiger partial charge is 0.351 e. The summed E-state index contributed by atoms with van der Waals surface area (Å²) in [5, 5.41) is 3.36. The monoisotopic (exact) mass is 590 g/mol. The summed E-state index contributed by atoms with van der Waals surface area (Å²) in [7, 11) is 0. The van der Waals surface area contributed by atoms with Crippen LogP contribution >= 0.6 is 22.6 Å². The lowest BCUT2D eigenvalue weighted by atomic mass is 9.73. The van der Waals surface area contributed by atoms with Crippen LogP contribution in [0.4, 0.5) is 8.78 Å². The predicted octanol–water partition coefficient (Wildman–Crippen LogP) is 6.82. The lowest BCUT2D eigenvalue weighted by molar-refractivity contribution is 0.0277. The molecule has 2 aliphatic rings. The number of alkyl halides is 1. The van der Waals surface area contributed by atoms with E-state index in [1.165, 1.54) is 23.8 Å². The molecule has 3 atom stereocenters. The number of benzene rings is 2. The third-order valence-corrected chi connectivity index (χ3v) is 9.01. The van der Waals surface area contributed by atoms with Crippen molar-refractivity contribution in [3.8, 4) is 11.1 Å². The molecule has 3 nitrogen and oxygen atoms in total. The summed E-state index contributed by atoms with van der Waals surface area (Å²) >= 11 is 2.47. The summed E-state index contributed by atoms with van der Waals surface area (Å²) in [5.74, 6) is -0.846. The van der Waals surface area contributed by atoms with Gasteiger partial charge in [-0.05, 0) is 41.7 Å². The summed E-state index contributed by atoms with van der Waals surface area (Å²) in [6.45, 7) is 9.94. The number of likely N-dealkylation sites (tertiary alicyclic amines) is 1. The van der Waals surface area contributed by atoms with E-state index in [0.717, 1.165) is 38.0 Å². The highest BCUT2D eigenvalue weighted by Gasteiger charge is 2.47. The standard InChI is InChI=1S/C29H33F2IN2O/c1-3-27(32)29(2)18-34(20-35-19-33-16-21-8-5-4-6-9-21)17-24(29)22-12-14-23(15-13-22)28-25(30)10-7-11-26(28)31/h3,5,7-15,24,27,33H,1,4,6,16-20H2,2H3/t24-,27?,29-/m0/s1. The van der Waals surface area contributed by atoms with Crippen molar-refractivity contribution in [2.24, 2.45) is 5.41 Å². The van der Waals surface area contributed by atoms with Gasteiger partial charge in [-0.3, -0.25) is 10.2 Å². The van der Waals surface area contributed by atoms with Gasteiger partial charge in [-0.15, -0.1) is 6.58 Å². The van der Waals surface area contributed by atoms with Crippen LogP contribution in [0.2, 0.25) is 0 Å². The van der Waals surface area contributed by atoms with Gasteiger partial charge in [-0.1, -0.05) is 84.2 Å². The predicted molar refractivity (Wildman–Crippen MR) is 147 cm³/mol. The topological polar surface area (TPSA) is 24.5 Å². The van der Waals surface area contributed by atoms with Gasteiger partial charge in [0.1, 0.15) is 18.4 Å². The van der Waals surface area contributed by atoms with E-state index in [-0.39, 0.29) is 20.8 Å². The molecule has 1 unspecified atom stereocenters. The molecule has 2 aromatic carbocycles. The molecule has 186 valence electrons. The Bertz CT molecular complexity index is 1060. The summed E-state index contributed by atoms with van der Waals surface area (Å²) < 4.78 is 34.7. The van der Waals surface area contributed by atoms with Crippen molar-refractivity contribution in [1.29, 1.82) is 0 Å². The molecule has 0 amide bonds. The average molecular weight is 590 g/mol. The van der Waals surface area contributed by atoms with E-state index in [1.807, 2.05) is 30.3 Å². The molecule has 0 aromatic heterocycles. The van der Waals surface area contributed by atoms with Crippen molar-refractivity contribution in [2.45, 2.75) is 29.6 Å².